The van der Waals surface area contributed by atoms with Gasteiger partial charge < -0.3 is 15.4 Å². The van der Waals surface area contributed by atoms with Crippen molar-refractivity contribution in [1.82, 2.24) is 10.6 Å². The van der Waals surface area contributed by atoms with E-state index in [2.05, 4.69) is 30.7 Å². The largest absolute Gasteiger partial charge is 0.376 e. The molecule has 5 heteroatoms. The van der Waals surface area contributed by atoms with Gasteiger partial charge in [-0.15, -0.1) is 0 Å². The SMILES string of the molecule is CSSCC1CNC2C(CC(C)C3CNCC3C)COC12. The standard InChI is InChI=1S/C16H30N2OS2/c1-10(14-7-17-5-11(14)2)4-12-8-19-16-13(9-21-20-3)6-18-15(12)16/h10-18H,4-9H2,1-3H3. The molecule has 0 aromatic heterocycles. The Kier molecular flexibility index (Phi) is 5.82. The average Bonchev–Trinajstić information content (AvgIpc) is 3.15. The van der Waals surface area contributed by atoms with E-state index < -0.39 is 0 Å². The topological polar surface area (TPSA) is 33.3 Å². The molecule has 3 rings (SSSR count). The first kappa shape index (κ1) is 16.4. The molecule has 3 fully saturated rings. The fourth-order valence-electron chi connectivity index (χ4n) is 4.59. The van der Waals surface area contributed by atoms with Crippen LogP contribution >= 0.6 is 21.6 Å². The van der Waals surface area contributed by atoms with Crippen LogP contribution < -0.4 is 10.6 Å². The third-order valence-electron chi connectivity index (χ3n) is 5.83. The normalized spacial score (nSPS) is 44.1. The van der Waals surface area contributed by atoms with E-state index in [0.717, 1.165) is 36.8 Å². The number of nitrogens with one attached hydrogen (secondary N) is 2. The first-order chi connectivity index (χ1) is 10.2. The Balaban J connectivity index is 1.51. The highest BCUT2D eigenvalue weighted by Gasteiger charge is 2.46. The fourth-order valence-corrected chi connectivity index (χ4v) is 6.15. The predicted molar refractivity (Wildman–Crippen MR) is 93.8 cm³/mol. The molecule has 0 spiro atoms. The summed E-state index contributed by atoms with van der Waals surface area (Å²) in [5.74, 6) is 5.15. The van der Waals surface area contributed by atoms with Crippen LogP contribution in [0, 0.1) is 29.6 Å². The van der Waals surface area contributed by atoms with E-state index in [1.165, 1.54) is 25.3 Å². The van der Waals surface area contributed by atoms with Crippen LogP contribution in [0.5, 0.6) is 0 Å². The Morgan fingerprint density at radius 1 is 1.24 bits per heavy atom. The summed E-state index contributed by atoms with van der Waals surface area (Å²) < 4.78 is 6.19. The maximum atomic E-state index is 6.19. The summed E-state index contributed by atoms with van der Waals surface area (Å²) in [6.45, 7) is 9.39. The maximum absolute atomic E-state index is 6.19. The molecule has 0 aliphatic carbocycles. The molecule has 3 aliphatic rings. The minimum absolute atomic E-state index is 0.473. The van der Waals surface area contributed by atoms with Crippen LogP contribution in [0.25, 0.3) is 0 Å². The van der Waals surface area contributed by atoms with Crippen molar-refractivity contribution in [1.29, 1.82) is 0 Å². The lowest BCUT2D eigenvalue weighted by Gasteiger charge is -2.27. The summed E-state index contributed by atoms with van der Waals surface area (Å²) in [6, 6.07) is 0.615. The zero-order valence-corrected chi connectivity index (χ0v) is 15.1. The lowest BCUT2D eigenvalue weighted by molar-refractivity contribution is 0.0797. The van der Waals surface area contributed by atoms with Gasteiger partial charge in [-0.25, -0.2) is 0 Å². The summed E-state index contributed by atoms with van der Waals surface area (Å²) in [5.41, 5.74) is 0. The van der Waals surface area contributed by atoms with Crippen LogP contribution in [0.4, 0.5) is 0 Å². The van der Waals surface area contributed by atoms with Gasteiger partial charge in [-0.05, 0) is 43.5 Å². The Bertz CT molecular complexity index is 344. The van der Waals surface area contributed by atoms with Gasteiger partial charge in [0.25, 0.3) is 0 Å². The van der Waals surface area contributed by atoms with Crippen molar-refractivity contribution in [2.45, 2.75) is 32.4 Å². The molecule has 3 heterocycles. The minimum Gasteiger partial charge on any atom is -0.376 e. The second-order valence-corrected chi connectivity index (χ2v) is 9.83. The monoisotopic (exact) mass is 330 g/mol. The molecule has 0 aromatic carbocycles. The fraction of sp³-hybridized carbons (Fsp3) is 1.00. The molecule has 3 aliphatic heterocycles. The van der Waals surface area contributed by atoms with Gasteiger partial charge in [-0.2, -0.15) is 0 Å². The van der Waals surface area contributed by atoms with Crippen molar-refractivity contribution < 1.29 is 4.74 Å². The number of fused-ring (bicyclic) bond motifs is 1. The number of rotatable bonds is 6. The van der Waals surface area contributed by atoms with Gasteiger partial charge in [0, 0.05) is 30.2 Å². The first-order valence-electron chi connectivity index (χ1n) is 8.42. The van der Waals surface area contributed by atoms with E-state index in [4.69, 9.17) is 4.74 Å². The van der Waals surface area contributed by atoms with Crippen LogP contribution in [-0.4, -0.2) is 50.4 Å². The summed E-state index contributed by atoms with van der Waals surface area (Å²) >= 11 is 0. The van der Waals surface area contributed by atoms with Gasteiger partial charge in [-0.3, -0.25) is 0 Å². The second kappa shape index (κ2) is 7.43. The van der Waals surface area contributed by atoms with Gasteiger partial charge in [0.2, 0.25) is 0 Å². The van der Waals surface area contributed by atoms with E-state index in [0.29, 0.717) is 18.1 Å². The third-order valence-corrected chi connectivity index (χ3v) is 7.74. The van der Waals surface area contributed by atoms with Crippen LogP contribution in [0.1, 0.15) is 20.3 Å². The number of hydrogen-bond donors (Lipinski definition) is 2. The highest BCUT2D eigenvalue weighted by atomic mass is 33.1. The molecule has 21 heavy (non-hydrogen) atoms. The quantitative estimate of drug-likeness (QED) is 0.731. The molecule has 0 amide bonds. The Morgan fingerprint density at radius 2 is 2.10 bits per heavy atom. The molecule has 122 valence electrons. The summed E-state index contributed by atoms with van der Waals surface area (Å²) in [6.07, 6.45) is 3.97. The smallest absolute Gasteiger partial charge is 0.0780 e. The average molecular weight is 331 g/mol. The van der Waals surface area contributed by atoms with Gasteiger partial charge in [-0.1, -0.05) is 35.4 Å². The Labute approximate surface area is 137 Å². The van der Waals surface area contributed by atoms with Crippen molar-refractivity contribution in [3.8, 4) is 0 Å². The van der Waals surface area contributed by atoms with Gasteiger partial charge in [0.05, 0.1) is 12.7 Å². The van der Waals surface area contributed by atoms with Crippen LogP contribution in [0.3, 0.4) is 0 Å². The number of ether oxygens (including phenoxy) is 1. The molecule has 2 N–H and O–H groups in total. The van der Waals surface area contributed by atoms with E-state index in [1.54, 1.807) is 0 Å². The molecular formula is C16H30N2OS2. The molecule has 3 nitrogen and oxygen atoms in total. The summed E-state index contributed by atoms with van der Waals surface area (Å²) in [5, 5.41) is 7.32. The van der Waals surface area contributed by atoms with Crippen molar-refractivity contribution in [3.05, 3.63) is 0 Å². The van der Waals surface area contributed by atoms with E-state index >= 15 is 0 Å². The molecule has 7 unspecified atom stereocenters. The molecule has 0 radical (unpaired) electrons. The van der Waals surface area contributed by atoms with Crippen molar-refractivity contribution >= 4 is 21.6 Å². The summed E-state index contributed by atoms with van der Waals surface area (Å²) in [7, 11) is 3.86. The Morgan fingerprint density at radius 3 is 2.81 bits per heavy atom. The molecule has 0 bridgehead atoms. The molecule has 0 saturated carbocycles. The van der Waals surface area contributed by atoms with Crippen molar-refractivity contribution in [2.75, 3.05) is 38.2 Å². The zero-order valence-electron chi connectivity index (χ0n) is 13.5. The van der Waals surface area contributed by atoms with Crippen molar-refractivity contribution in [3.63, 3.8) is 0 Å². The predicted octanol–water partition coefficient (Wildman–Crippen LogP) is 2.48. The number of hydrogen-bond acceptors (Lipinski definition) is 5. The first-order valence-corrected chi connectivity index (χ1v) is 11.1. The Hall–Kier alpha value is 0.580. The van der Waals surface area contributed by atoms with Gasteiger partial charge in [0.15, 0.2) is 0 Å². The summed E-state index contributed by atoms with van der Waals surface area (Å²) in [4.78, 5) is 0. The second-order valence-electron chi connectivity index (χ2n) is 7.22. The highest BCUT2D eigenvalue weighted by molar-refractivity contribution is 8.76. The van der Waals surface area contributed by atoms with Crippen LogP contribution in [0.2, 0.25) is 0 Å². The van der Waals surface area contributed by atoms with Crippen LogP contribution in [0.15, 0.2) is 0 Å². The maximum Gasteiger partial charge on any atom is 0.0780 e. The third kappa shape index (κ3) is 3.57. The lowest BCUT2D eigenvalue weighted by atomic mass is 9.79. The molecule has 0 aromatic rings. The minimum atomic E-state index is 0.473. The van der Waals surface area contributed by atoms with E-state index in [9.17, 15) is 0 Å². The van der Waals surface area contributed by atoms with E-state index in [-0.39, 0.29) is 0 Å². The zero-order chi connectivity index (χ0) is 14.8. The van der Waals surface area contributed by atoms with E-state index in [1.807, 2.05) is 21.6 Å². The molecule has 3 saturated heterocycles. The molecule has 7 atom stereocenters. The lowest BCUT2D eigenvalue weighted by Crippen LogP contribution is -2.35. The highest BCUT2D eigenvalue weighted by Crippen LogP contribution is 2.38. The van der Waals surface area contributed by atoms with Crippen LogP contribution in [-0.2, 0) is 4.74 Å². The van der Waals surface area contributed by atoms with Crippen molar-refractivity contribution in [2.24, 2.45) is 29.6 Å². The van der Waals surface area contributed by atoms with Gasteiger partial charge >= 0.3 is 0 Å². The van der Waals surface area contributed by atoms with Gasteiger partial charge in [0.1, 0.15) is 0 Å². The molecular weight excluding hydrogens is 300 g/mol.